The molecular weight excluding hydrogens is 560 g/mol. The monoisotopic (exact) mass is 593 g/mol. The molecule has 3 aromatic rings. The van der Waals surface area contributed by atoms with E-state index in [0.29, 0.717) is 18.0 Å². The lowest BCUT2D eigenvalue weighted by Gasteiger charge is -2.25. The number of benzene rings is 2. The highest BCUT2D eigenvalue weighted by Crippen LogP contribution is 2.47. The topological polar surface area (TPSA) is 158 Å². The first-order chi connectivity index (χ1) is 19.6. The number of halogens is 1. The molecule has 1 saturated heterocycles. The van der Waals surface area contributed by atoms with Crippen LogP contribution in [0.25, 0.3) is 10.8 Å². The average Bonchev–Trinajstić information content (AvgIpc) is 3.32. The fourth-order valence-electron chi connectivity index (χ4n) is 4.32. The molecule has 1 aliphatic rings. The number of aromatic nitrogens is 2. The molecule has 1 aromatic heterocycles. The van der Waals surface area contributed by atoms with Gasteiger partial charge in [0.15, 0.2) is 0 Å². The first-order valence-corrected chi connectivity index (χ1v) is 14.9. The normalized spacial score (nSPS) is 20.9. The Balaban J connectivity index is 1.51. The second-order valence-electron chi connectivity index (χ2n) is 9.66. The third kappa shape index (κ3) is 7.69. The van der Waals surface area contributed by atoms with Gasteiger partial charge in [0.25, 0.3) is 5.56 Å². The summed E-state index contributed by atoms with van der Waals surface area (Å²) in [6, 6.07) is 11.3. The van der Waals surface area contributed by atoms with E-state index in [2.05, 4.69) is 5.09 Å². The molecule has 14 heteroatoms. The van der Waals surface area contributed by atoms with Crippen LogP contribution in [0.15, 0.2) is 58.3 Å². The van der Waals surface area contributed by atoms with Crippen molar-refractivity contribution in [2.24, 2.45) is 0 Å². The van der Waals surface area contributed by atoms with Crippen LogP contribution in [0.3, 0.4) is 0 Å². The minimum absolute atomic E-state index is 0.137. The van der Waals surface area contributed by atoms with Crippen LogP contribution in [-0.2, 0) is 23.4 Å². The minimum Gasteiger partial charge on any atom is -0.465 e. The van der Waals surface area contributed by atoms with Crippen LogP contribution in [0, 0.1) is 5.82 Å². The number of ether oxygens (including phenoxy) is 2. The number of nitrogens with one attached hydrogen (secondary N) is 2. The highest BCUT2D eigenvalue weighted by atomic mass is 31.2. The second kappa shape index (κ2) is 13.5. The number of esters is 1. The van der Waals surface area contributed by atoms with Gasteiger partial charge in [-0.25, -0.2) is 9.36 Å². The highest BCUT2D eigenvalue weighted by Gasteiger charge is 2.40. The first kappa shape index (κ1) is 30.6. The average molecular weight is 594 g/mol. The molecule has 0 amide bonds. The Hall–Kier alpha value is -3.35. The van der Waals surface area contributed by atoms with Gasteiger partial charge in [-0.3, -0.25) is 23.7 Å². The lowest BCUT2D eigenvalue weighted by molar-refractivity contribution is -0.145. The Morgan fingerprint density at radius 3 is 2.78 bits per heavy atom. The van der Waals surface area contributed by atoms with Crippen molar-refractivity contribution in [2.45, 2.75) is 64.0 Å². The molecule has 41 heavy (non-hydrogen) atoms. The van der Waals surface area contributed by atoms with E-state index in [1.165, 1.54) is 6.92 Å². The molecule has 2 aromatic carbocycles. The molecule has 4 rings (SSSR count). The van der Waals surface area contributed by atoms with Crippen molar-refractivity contribution in [3.05, 3.63) is 75.3 Å². The maximum Gasteiger partial charge on any atom is 0.459 e. The standard InChI is InChI=1S/C27H33FN3O9P/c1-3-4-7-13-37-26(34)17(2)30-41(36,40-22-12-8-10-18-9-5-6-11-19(18)22)38-16-23-21(32)14-24(39-23)31-15-20(28)25(33)29-27(31)35/h5-6,8-12,15,17,21,23-24,32H,3-4,7,13-14,16H2,1-2H3,(H,30,36)(H,29,33,35)/t17-,21?,23+,24?,41?/m0/s1. The summed E-state index contributed by atoms with van der Waals surface area (Å²) >= 11 is 0. The Morgan fingerprint density at radius 1 is 1.24 bits per heavy atom. The third-order valence-corrected chi connectivity index (χ3v) is 8.14. The van der Waals surface area contributed by atoms with E-state index < -0.39 is 61.9 Å². The van der Waals surface area contributed by atoms with Crippen molar-refractivity contribution in [1.82, 2.24) is 14.6 Å². The number of carbonyl (C=O) groups excluding carboxylic acids is 1. The zero-order chi connectivity index (χ0) is 29.6. The van der Waals surface area contributed by atoms with Crippen molar-refractivity contribution in [3.8, 4) is 5.75 Å². The van der Waals surface area contributed by atoms with E-state index in [4.69, 9.17) is 18.5 Å². The van der Waals surface area contributed by atoms with Crippen molar-refractivity contribution >= 4 is 24.5 Å². The quantitative estimate of drug-likeness (QED) is 0.152. The molecule has 0 aliphatic carbocycles. The zero-order valence-corrected chi connectivity index (χ0v) is 23.6. The Bertz CT molecular complexity index is 1520. The van der Waals surface area contributed by atoms with Gasteiger partial charge in [0.05, 0.1) is 25.5 Å². The summed E-state index contributed by atoms with van der Waals surface area (Å²) < 4.78 is 51.1. The summed E-state index contributed by atoms with van der Waals surface area (Å²) in [5.41, 5.74) is -2.10. The van der Waals surface area contributed by atoms with Gasteiger partial charge in [-0.15, -0.1) is 0 Å². The minimum atomic E-state index is -4.31. The number of rotatable bonds is 13. The summed E-state index contributed by atoms with van der Waals surface area (Å²) in [5, 5.41) is 14.6. The van der Waals surface area contributed by atoms with Crippen LogP contribution in [-0.4, -0.2) is 52.1 Å². The van der Waals surface area contributed by atoms with Gasteiger partial charge in [0.1, 0.15) is 24.1 Å². The van der Waals surface area contributed by atoms with Crippen LogP contribution in [0.4, 0.5) is 4.39 Å². The van der Waals surface area contributed by atoms with Crippen LogP contribution in [0.2, 0.25) is 0 Å². The Labute approximate surface area is 235 Å². The van der Waals surface area contributed by atoms with Crippen LogP contribution in [0.1, 0.15) is 45.8 Å². The smallest absolute Gasteiger partial charge is 0.459 e. The summed E-state index contributed by atoms with van der Waals surface area (Å²) in [6.45, 7) is 3.21. The third-order valence-electron chi connectivity index (χ3n) is 6.51. The van der Waals surface area contributed by atoms with Gasteiger partial charge >= 0.3 is 19.4 Å². The van der Waals surface area contributed by atoms with Gasteiger partial charge in [0.2, 0.25) is 5.82 Å². The summed E-state index contributed by atoms with van der Waals surface area (Å²) in [5.74, 6) is -1.62. The molecule has 5 atom stereocenters. The Morgan fingerprint density at radius 2 is 2.00 bits per heavy atom. The number of hydrogen-bond acceptors (Lipinski definition) is 9. The van der Waals surface area contributed by atoms with Crippen LogP contribution < -0.4 is 20.9 Å². The van der Waals surface area contributed by atoms with E-state index in [1.54, 1.807) is 24.3 Å². The number of aromatic amines is 1. The molecule has 1 fully saturated rings. The molecule has 0 saturated carbocycles. The summed E-state index contributed by atoms with van der Waals surface area (Å²) in [7, 11) is -4.31. The fourth-order valence-corrected chi connectivity index (χ4v) is 5.84. The van der Waals surface area contributed by atoms with Crippen LogP contribution >= 0.6 is 7.75 Å². The predicted molar refractivity (Wildman–Crippen MR) is 147 cm³/mol. The molecule has 0 bridgehead atoms. The number of fused-ring (bicyclic) bond motifs is 1. The molecule has 0 radical (unpaired) electrons. The van der Waals surface area contributed by atoms with Crippen molar-refractivity contribution in [1.29, 1.82) is 0 Å². The number of unbranched alkanes of at least 4 members (excludes halogenated alkanes) is 2. The van der Waals surface area contributed by atoms with Gasteiger partial charge in [-0.1, -0.05) is 56.2 Å². The maximum atomic E-state index is 14.0. The van der Waals surface area contributed by atoms with E-state index in [0.717, 1.165) is 22.8 Å². The molecule has 2 heterocycles. The first-order valence-electron chi connectivity index (χ1n) is 13.3. The summed E-state index contributed by atoms with van der Waals surface area (Å²) in [4.78, 5) is 37.9. The maximum absolute atomic E-state index is 14.0. The van der Waals surface area contributed by atoms with Crippen molar-refractivity contribution < 1.29 is 37.4 Å². The summed E-state index contributed by atoms with van der Waals surface area (Å²) in [6.07, 6.45) is -0.346. The number of aliphatic hydroxyl groups is 1. The zero-order valence-electron chi connectivity index (χ0n) is 22.7. The molecule has 3 N–H and O–H groups in total. The van der Waals surface area contributed by atoms with Gasteiger partial charge in [-0.2, -0.15) is 9.48 Å². The van der Waals surface area contributed by atoms with Gasteiger partial charge in [-0.05, 0) is 24.8 Å². The van der Waals surface area contributed by atoms with E-state index >= 15 is 0 Å². The lowest BCUT2D eigenvalue weighted by Crippen LogP contribution is -2.36. The Kier molecular flexibility index (Phi) is 10.1. The largest absolute Gasteiger partial charge is 0.465 e. The van der Waals surface area contributed by atoms with E-state index in [1.807, 2.05) is 30.1 Å². The molecule has 1 aliphatic heterocycles. The van der Waals surface area contributed by atoms with Crippen molar-refractivity contribution in [2.75, 3.05) is 13.2 Å². The molecular formula is C27H33FN3O9P. The fraction of sp³-hybridized carbons (Fsp3) is 0.444. The number of H-pyrrole nitrogens is 1. The number of carbonyl (C=O) groups is 1. The van der Waals surface area contributed by atoms with Gasteiger partial charge in [0, 0.05) is 11.8 Å². The second-order valence-corrected chi connectivity index (χ2v) is 11.4. The highest BCUT2D eigenvalue weighted by molar-refractivity contribution is 7.52. The van der Waals surface area contributed by atoms with E-state index in [-0.39, 0.29) is 18.8 Å². The lowest BCUT2D eigenvalue weighted by atomic mass is 10.1. The molecule has 0 spiro atoms. The van der Waals surface area contributed by atoms with Crippen LogP contribution in [0.5, 0.6) is 5.75 Å². The molecule has 12 nitrogen and oxygen atoms in total. The predicted octanol–water partition coefficient (Wildman–Crippen LogP) is 3.39. The van der Waals surface area contributed by atoms with Crippen molar-refractivity contribution in [3.63, 3.8) is 0 Å². The number of hydrogen-bond donors (Lipinski definition) is 3. The van der Waals surface area contributed by atoms with Gasteiger partial charge < -0.3 is 19.1 Å². The molecule has 222 valence electrons. The number of nitrogens with zero attached hydrogens (tertiary/aromatic N) is 1. The number of aliphatic hydroxyl groups excluding tert-OH is 1. The molecule has 3 unspecified atom stereocenters. The van der Waals surface area contributed by atoms with E-state index in [9.17, 15) is 28.4 Å². The SMILES string of the molecule is CCCCCOC(=O)[C@H](C)NP(=O)(OC[C@H]1OC(n2cc(F)c(=O)[nH]c2=O)CC1O)Oc1cccc2ccccc12.